The monoisotopic (exact) mass is 490 g/mol. The van der Waals surface area contributed by atoms with E-state index < -0.39 is 11.9 Å². The number of hydrogen-bond acceptors (Lipinski definition) is 4. The van der Waals surface area contributed by atoms with Crippen LogP contribution in [-0.4, -0.2) is 39.6 Å². The van der Waals surface area contributed by atoms with E-state index in [2.05, 4.69) is 15.7 Å². The summed E-state index contributed by atoms with van der Waals surface area (Å²) in [6.45, 7) is 1.02. The van der Waals surface area contributed by atoms with Gasteiger partial charge in [-0.15, -0.1) is 0 Å². The number of carbonyl (C=O) groups excluding carboxylic acids is 2. The molecule has 0 aliphatic carbocycles. The normalized spacial score (nSPS) is 11.7. The highest BCUT2D eigenvalue weighted by Gasteiger charge is 2.22. The van der Waals surface area contributed by atoms with Gasteiger partial charge in [0.1, 0.15) is 6.04 Å². The maximum Gasteiger partial charge on any atom is 0.253 e. The Kier molecular flexibility index (Phi) is 9.02. The molecule has 2 amide bonds. The number of aromatic nitrogens is 2. The first kappa shape index (κ1) is 24.2. The number of thioether (sulfide) groups is 1. The second-order valence-electron chi connectivity index (χ2n) is 7.17. The molecule has 1 unspecified atom stereocenters. The largest absolute Gasteiger partial charge is 0.350 e. The molecule has 0 fully saturated rings. The van der Waals surface area contributed by atoms with Crippen molar-refractivity contribution in [2.24, 2.45) is 0 Å². The van der Waals surface area contributed by atoms with E-state index in [0.717, 1.165) is 16.9 Å². The summed E-state index contributed by atoms with van der Waals surface area (Å²) in [5.74, 6) is 0.0793. The summed E-state index contributed by atoms with van der Waals surface area (Å²) in [7, 11) is 0. The van der Waals surface area contributed by atoms with Crippen molar-refractivity contribution in [3.63, 3.8) is 0 Å². The van der Waals surface area contributed by atoms with Crippen LogP contribution in [0.1, 0.15) is 27.9 Å². The van der Waals surface area contributed by atoms with Gasteiger partial charge >= 0.3 is 0 Å². The van der Waals surface area contributed by atoms with Crippen LogP contribution in [0, 0.1) is 0 Å². The Morgan fingerprint density at radius 2 is 1.94 bits per heavy atom. The summed E-state index contributed by atoms with van der Waals surface area (Å²) in [4.78, 5) is 25.6. The van der Waals surface area contributed by atoms with E-state index in [1.165, 1.54) is 6.07 Å². The molecule has 0 spiro atoms. The van der Waals surface area contributed by atoms with Gasteiger partial charge in [0, 0.05) is 24.0 Å². The predicted octanol–water partition coefficient (Wildman–Crippen LogP) is 4.41. The van der Waals surface area contributed by atoms with E-state index in [1.807, 2.05) is 47.5 Å². The van der Waals surface area contributed by atoms with Crippen LogP contribution < -0.4 is 10.6 Å². The van der Waals surface area contributed by atoms with Gasteiger partial charge in [-0.3, -0.25) is 14.3 Å². The van der Waals surface area contributed by atoms with Crippen LogP contribution in [0.25, 0.3) is 0 Å². The van der Waals surface area contributed by atoms with E-state index in [4.69, 9.17) is 23.2 Å². The first-order valence-corrected chi connectivity index (χ1v) is 12.2. The standard InChI is InChI=1S/C23H24Cl2N4O2S/c1-32-11-8-21(28-22(30)19-7-6-18(24)13-20(19)25)23(31)26-14-16-4-2-5-17(12-16)15-29-10-3-9-27-29/h2-7,9-10,12-13,21H,8,11,14-15H2,1H3,(H,26,31)(H,28,30). The highest BCUT2D eigenvalue weighted by Crippen LogP contribution is 2.21. The molecule has 1 aromatic heterocycles. The Morgan fingerprint density at radius 3 is 2.66 bits per heavy atom. The van der Waals surface area contributed by atoms with E-state index in [0.29, 0.717) is 24.5 Å². The number of hydrogen-bond donors (Lipinski definition) is 2. The third kappa shape index (κ3) is 7.02. The SMILES string of the molecule is CSCCC(NC(=O)c1ccc(Cl)cc1Cl)C(=O)NCc1cccc(Cn2cccn2)c1. The smallest absolute Gasteiger partial charge is 0.253 e. The fourth-order valence-electron chi connectivity index (χ4n) is 3.15. The third-order valence-electron chi connectivity index (χ3n) is 4.77. The lowest BCUT2D eigenvalue weighted by Gasteiger charge is -2.19. The van der Waals surface area contributed by atoms with Gasteiger partial charge in [-0.05, 0) is 53.8 Å². The minimum absolute atomic E-state index is 0.241. The lowest BCUT2D eigenvalue weighted by Crippen LogP contribution is -2.47. The molecule has 9 heteroatoms. The summed E-state index contributed by atoms with van der Waals surface area (Å²) in [6.07, 6.45) is 6.10. The lowest BCUT2D eigenvalue weighted by molar-refractivity contribution is -0.123. The van der Waals surface area contributed by atoms with Crippen molar-refractivity contribution < 1.29 is 9.59 Å². The van der Waals surface area contributed by atoms with Crippen LogP contribution in [0.2, 0.25) is 10.0 Å². The number of nitrogens with one attached hydrogen (secondary N) is 2. The molecule has 0 aliphatic heterocycles. The molecular weight excluding hydrogens is 467 g/mol. The van der Waals surface area contributed by atoms with Crippen LogP contribution in [0.5, 0.6) is 0 Å². The highest BCUT2D eigenvalue weighted by molar-refractivity contribution is 7.98. The minimum atomic E-state index is -0.672. The van der Waals surface area contributed by atoms with Gasteiger partial charge in [0.2, 0.25) is 5.91 Å². The molecule has 168 valence electrons. The van der Waals surface area contributed by atoms with Crippen LogP contribution in [0.3, 0.4) is 0 Å². The average molecular weight is 491 g/mol. The Bertz CT molecular complexity index is 1060. The fourth-order valence-corrected chi connectivity index (χ4v) is 4.11. The molecular formula is C23H24Cl2N4O2S. The minimum Gasteiger partial charge on any atom is -0.350 e. The van der Waals surface area contributed by atoms with Gasteiger partial charge in [0.25, 0.3) is 5.91 Å². The Labute approximate surface area is 201 Å². The molecule has 0 bridgehead atoms. The predicted molar refractivity (Wildman–Crippen MR) is 130 cm³/mol. The summed E-state index contributed by atoms with van der Waals surface area (Å²) in [5.41, 5.74) is 2.34. The Morgan fingerprint density at radius 1 is 1.12 bits per heavy atom. The first-order chi connectivity index (χ1) is 15.5. The first-order valence-electron chi connectivity index (χ1n) is 10.0. The van der Waals surface area contributed by atoms with E-state index in [-0.39, 0.29) is 16.5 Å². The third-order valence-corrected chi connectivity index (χ3v) is 5.96. The maximum absolute atomic E-state index is 12.9. The van der Waals surface area contributed by atoms with Crippen molar-refractivity contribution in [1.29, 1.82) is 0 Å². The molecule has 2 N–H and O–H groups in total. The van der Waals surface area contributed by atoms with Gasteiger partial charge < -0.3 is 10.6 Å². The maximum atomic E-state index is 12.9. The van der Waals surface area contributed by atoms with Crippen molar-refractivity contribution in [2.45, 2.75) is 25.6 Å². The summed E-state index contributed by atoms with van der Waals surface area (Å²) < 4.78 is 1.84. The van der Waals surface area contributed by atoms with Gasteiger partial charge in [0.05, 0.1) is 17.1 Å². The van der Waals surface area contributed by atoms with Crippen molar-refractivity contribution >= 4 is 46.8 Å². The Balaban J connectivity index is 1.62. The zero-order valence-electron chi connectivity index (χ0n) is 17.6. The zero-order chi connectivity index (χ0) is 22.9. The van der Waals surface area contributed by atoms with E-state index in [1.54, 1.807) is 30.1 Å². The molecule has 3 rings (SSSR count). The van der Waals surface area contributed by atoms with E-state index in [9.17, 15) is 9.59 Å². The number of carbonyl (C=O) groups is 2. The molecule has 6 nitrogen and oxygen atoms in total. The van der Waals surface area contributed by atoms with Crippen molar-refractivity contribution in [3.8, 4) is 0 Å². The quantitative estimate of drug-likeness (QED) is 0.441. The van der Waals surface area contributed by atoms with Crippen LogP contribution in [0.15, 0.2) is 60.9 Å². The molecule has 0 radical (unpaired) electrons. The average Bonchev–Trinajstić information content (AvgIpc) is 3.28. The second kappa shape index (κ2) is 11.9. The summed E-state index contributed by atoms with van der Waals surface area (Å²) in [5, 5.41) is 10.6. The molecule has 0 saturated heterocycles. The number of benzene rings is 2. The van der Waals surface area contributed by atoms with Crippen molar-refractivity contribution in [2.75, 3.05) is 12.0 Å². The molecule has 0 saturated carbocycles. The van der Waals surface area contributed by atoms with Crippen molar-refractivity contribution in [1.82, 2.24) is 20.4 Å². The number of amides is 2. The zero-order valence-corrected chi connectivity index (χ0v) is 19.9. The van der Waals surface area contributed by atoms with Gasteiger partial charge in [-0.25, -0.2) is 0 Å². The molecule has 0 aliphatic rings. The topological polar surface area (TPSA) is 76.0 Å². The number of nitrogens with zero attached hydrogens (tertiary/aromatic N) is 2. The molecule has 1 atom stereocenters. The molecule has 3 aromatic rings. The number of halogens is 2. The van der Waals surface area contributed by atoms with Gasteiger partial charge in [0.15, 0.2) is 0 Å². The number of rotatable bonds is 10. The van der Waals surface area contributed by atoms with Gasteiger partial charge in [-0.1, -0.05) is 47.5 Å². The molecule has 1 heterocycles. The fraction of sp³-hybridized carbons (Fsp3) is 0.261. The summed E-state index contributed by atoms with van der Waals surface area (Å²) in [6, 6.07) is 13.8. The lowest BCUT2D eigenvalue weighted by atomic mass is 10.1. The highest BCUT2D eigenvalue weighted by atomic mass is 35.5. The van der Waals surface area contributed by atoms with E-state index >= 15 is 0 Å². The molecule has 32 heavy (non-hydrogen) atoms. The van der Waals surface area contributed by atoms with Crippen LogP contribution >= 0.6 is 35.0 Å². The second-order valence-corrected chi connectivity index (χ2v) is 9.00. The van der Waals surface area contributed by atoms with Gasteiger partial charge in [-0.2, -0.15) is 16.9 Å². The van der Waals surface area contributed by atoms with Crippen molar-refractivity contribution in [3.05, 3.63) is 87.7 Å². The summed E-state index contributed by atoms with van der Waals surface area (Å²) >= 11 is 13.7. The molecule has 2 aromatic carbocycles. The van der Waals surface area contributed by atoms with Crippen LogP contribution in [-0.2, 0) is 17.9 Å². The van der Waals surface area contributed by atoms with Crippen LogP contribution in [0.4, 0.5) is 0 Å². The Hall–Kier alpha value is -2.48.